The van der Waals surface area contributed by atoms with Crippen molar-refractivity contribution in [2.75, 3.05) is 13.6 Å². The second-order valence-corrected chi connectivity index (χ2v) is 2.57. The van der Waals surface area contributed by atoms with Gasteiger partial charge in [0, 0.05) is 26.1 Å². The van der Waals surface area contributed by atoms with Crippen LogP contribution in [0.3, 0.4) is 0 Å². The summed E-state index contributed by atoms with van der Waals surface area (Å²) in [4.78, 5) is 12.5. The summed E-state index contributed by atoms with van der Waals surface area (Å²) in [6, 6.07) is 0.202. The van der Waals surface area contributed by atoms with E-state index in [0.717, 1.165) is 13.0 Å². The van der Waals surface area contributed by atoms with Crippen LogP contribution in [0, 0.1) is 0 Å². The third kappa shape index (κ3) is 3.79. The zero-order valence-corrected chi connectivity index (χ0v) is 8.08. The Bertz CT molecular complexity index is 132. The molecule has 1 atom stereocenters. The number of piperidine rings is 1. The van der Waals surface area contributed by atoms with Crippen molar-refractivity contribution in [2.45, 2.75) is 18.9 Å². The smallest absolute Gasteiger partial charge is 0.222 e. The van der Waals surface area contributed by atoms with E-state index in [9.17, 15) is 4.79 Å². The van der Waals surface area contributed by atoms with E-state index < -0.39 is 0 Å². The van der Waals surface area contributed by atoms with Crippen molar-refractivity contribution in [2.24, 2.45) is 5.73 Å². The molecule has 1 saturated heterocycles. The number of likely N-dealkylation sites (N-methyl/N-ethyl adjacent to an activating group) is 1. The van der Waals surface area contributed by atoms with Crippen LogP contribution >= 0.6 is 24.8 Å². The molecule has 1 heterocycles. The van der Waals surface area contributed by atoms with Crippen LogP contribution in [-0.2, 0) is 4.79 Å². The highest BCUT2D eigenvalue weighted by atomic mass is 35.5. The average Bonchev–Trinajstić information content (AvgIpc) is 1.80. The molecule has 1 aliphatic rings. The zero-order chi connectivity index (χ0) is 6.85. The summed E-state index contributed by atoms with van der Waals surface area (Å²) in [6.07, 6.45) is 1.47. The van der Waals surface area contributed by atoms with Crippen LogP contribution in [0.15, 0.2) is 0 Å². The molecule has 68 valence electrons. The topological polar surface area (TPSA) is 46.3 Å². The van der Waals surface area contributed by atoms with Gasteiger partial charge in [0.05, 0.1) is 0 Å². The Morgan fingerprint density at radius 1 is 1.55 bits per heavy atom. The normalized spacial score (nSPS) is 23.6. The Kier molecular flexibility index (Phi) is 6.96. The number of hydrogen-bond acceptors (Lipinski definition) is 2. The molecule has 1 amide bonds. The van der Waals surface area contributed by atoms with E-state index in [4.69, 9.17) is 5.73 Å². The first-order valence-electron chi connectivity index (χ1n) is 3.19. The van der Waals surface area contributed by atoms with Gasteiger partial charge in [-0.2, -0.15) is 0 Å². The average molecular weight is 201 g/mol. The van der Waals surface area contributed by atoms with Crippen molar-refractivity contribution in [1.29, 1.82) is 0 Å². The van der Waals surface area contributed by atoms with E-state index in [-0.39, 0.29) is 36.8 Å². The maximum atomic E-state index is 10.8. The molecule has 0 unspecified atom stereocenters. The van der Waals surface area contributed by atoms with Crippen LogP contribution in [0.2, 0.25) is 0 Å². The third-order valence-corrected chi connectivity index (χ3v) is 1.66. The molecule has 3 nitrogen and oxygen atoms in total. The van der Waals surface area contributed by atoms with Crippen molar-refractivity contribution in [1.82, 2.24) is 4.90 Å². The summed E-state index contributed by atoms with van der Waals surface area (Å²) in [7, 11) is 1.79. The second kappa shape index (κ2) is 5.63. The van der Waals surface area contributed by atoms with Crippen molar-refractivity contribution < 1.29 is 4.79 Å². The standard InChI is InChI=1S/C6H12N2O.2ClH/c1-8-4-5(7)2-3-6(8)9;;/h5H,2-4,7H2,1H3;2*1H/t5-;;/m0../s1. The first-order chi connectivity index (χ1) is 4.20. The van der Waals surface area contributed by atoms with Crippen LogP contribution in [-0.4, -0.2) is 30.4 Å². The highest BCUT2D eigenvalue weighted by Crippen LogP contribution is 2.06. The first-order valence-corrected chi connectivity index (χ1v) is 3.19. The van der Waals surface area contributed by atoms with Gasteiger partial charge in [0.2, 0.25) is 5.91 Å². The highest BCUT2D eigenvalue weighted by Gasteiger charge is 2.18. The zero-order valence-electron chi connectivity index (χ0n) is 6.45. The van der Waals surface area contributed by atoms with Crippen LogP contribution in [0.25, 0.3) is 0 Å². The number of carbonyl (C=O) groups is 1. The van der Waals surface area contributed by atoms with Gasteiger partial charge in [-0.15, -0.1) is 24.8 Å². The van der Waals surface area contributed by atoms with E-state index >= 15 is 0 Å². The Morgan fingerprint density at radius 3 is 2.45 bits per heavy atom. The fourth-order valence-electron chi connectivity index (χ4n) is 1.04. The molecule has 0 bridgehead atoms. The Hall–Kier alpha value is 0.01000. The van der Waals surface area contributed by atoms with E-state index in [1.54, 1.807) is 11.9 Å². The molecule has 0 spiro atoms. The van der Waals surface area contributed by atoms with Gasteiger partial charge in [-0.05, 0) is 6.42 Å². The molecular formula is C6H14Cl2N2O. The van der Waals surface area contributed by atoms with E-state index in [1.165, 1.54) is 0 Å². The number of hydrogen-bond donors (Lipinski definition) is 1. The summed E-state index contributed by atoms with van der Waals surface area (Å²) in [5.74, 6) is 0.219. The molecule has 5 heteroatoms. The molecule has 11 heavy (non-hydrogen) atoms. The van der Waals surface area contributed by atoms with Crippen molar-refractivity contribution >= 4 is 30.7 Å². The van der Waals surface area contributed by atoms with Crippen molar-refractivity contribution in [3.05, 3.63) is 0 Å². The van der Waals surface area contributed by atoms with Crippen LogP contribution in [0.1, 0.15) is 12.8 Å². The van der Waals surface area contributed by atoms with E-state index in [0.29, 0.717) is 6.42 Å². The van der Waals surface area contributed by atoms with Gasteiger partial charge >= 0.3 is 0 Å². The second-order valence-electron chi connectivity index (χ2n) is 2.57. The predicted molar refractivity (Wildman–Crippen MR) is 49.3 cm³/mol. The lowest BCUT2D eigenvalue weighted by Gasteiger charge is -2.26. The minimum absolute atomic E-state index is 0. The minimum atomic E-state index is 0. The SMILES string of the molecule is CN1C[C@@H](N)CCC1=O.Cl.Cl. The van der Waals surface area contributed by atoms with Gasteiger partial charge in [0.1, 0.15) is 0 Å². The number of carbonyl (C=O) groups excluding carboxylic acids is 1. The molecule has 2 N–H and O–H groups in total. The summed E-state index contributed by atoms with van der Waals surface area (Å²) >= 11 is 0. The summed E-state index contributed by atoms with van der Waals surface area (Å²) in [5.41, 5.74) is 5.59. The van der Waals surface area contributed by atoms with Crippen LogP contribution in [0.5, 0.6) is 0 Å². The molecule has 1 aliphatic heterocycles. The van der Waals surface area contributed by atoms with Gasteiger partial charge in [0.15, 0.2) is 0 Å². The molecule has 0 aromatic heterocycles. The molecule has 0 saturated carbocycles. The van der Waals surface area contributed by atoms with Gasteiger partial charge in [-0.25, -0.2) is 0 Å². The van der Waals surface area contributed by atoms with Crippen LogP contribution in [0.4, 0.5) is 0 Å². The lowest BCUT2D eigenvalue weighted by molar-refractivity contribution is -0.132. The molecule has 0 radical (unpaired) electrons. The maximum Gasteiger partial charge on any atom is 0.222 e. The lowest BCUT2D eigenvalue weighted by Crippen LogP contribution is -2.43. The molecule has 0 aromatic carbocycles. The van der Waals surface area contributed by atoms with Crippen LogP contribution < -0.4 is 5.73 Å². The monoisotopic (exact) mass is 200 g/mol. The molecule has 1 rings (SSSR count). The number of likely N-dealkylation sites (tertiary alicyclic amines) is 1. The Balaban J connectivity index is 0. The summed E-state index contributed by atoms with van der Waals surface area (Å²) in [6.45, 7) is 0.721. The van der Waals surface area contributed by atoms with Gasteiger partial charge < -0.3 is 10.6 Å². The largest absolute Gasteiger partial charge is 0.344 e. The maximum absolute atomic E-state index is 10.8. The van der Waals surface area contributed by atoms with Gasteiger partial charge in [-0.3, -0.25) is 4.79 Å². The number of amides is 1. The molecule has 0 aliphatic carbocycles. The molecular weight excluding hydrogens is 187 g/mol. The number of nitrogens with zero attached hydrogens (tertiary/aromatic N) is 1. The fraction of sp³-hybridized carbons (Fsp3) is 0.833. The fourth-order valence-corrected chi connectivity index (χ4v) is 1.04. The minimum Gasteiger partial charge on any atom is -0.344 e. The van der Waals surface area contributed by atoms with Crippen molar-refractivity contribution in [3.63, 3.8) is 0 Å². The quantitative estimate of drug-likeness (QED) is 0.617. The highest BCUT2D eigenvalue weighted by molar-refractivity contribution is 5.85. The van der Waals surface area contributed by atoms with E-state index in [2.05, 4.69) is 0 Å². The third-order valence-electron chi connectivity index (χ3n) is 1.66. The lowest BCUT2D eigenvalue weighted by atomic mass is 10.1. The summed E-state index contributed by atoms with van der Waals surface area (Å²) in [5, 5.41) is 0. The number of halogens is 2. The first kappa shape index (κ1) is 13.6. The number of rotatable bonds is 0. The Labute approximate surface area is 79.1 Å². The predicted octanol–water partition coefficient (Wildman–Crippen LogP) is 0.410. The number of nitrogens with two attached hydrogens (primary N) is 1. The van der Waals surface area contributed by atoms with Crippen molar-refractivity contribution in [3.8, 4) is 0 Å². The van der Waals surface area contributed by atoms with Gasteiger partial charge in [0.25, 0.3) is 0 Å². The van der Waals surface area contributed by atoms with Gasteiger partial charge in [-0.1, -0.05) is 0 Å². The molecule has 1 fully saturated rings. The van der Waals surface area contributed by atoms with E-state index in [1.807, 2.05) is 0 Å². The Morgan fingerprint density at radius 2 is 2.09 bits per heavy atom. The summed E-state index contributed by atoms with van der Waals surface area (Å²) < 4.78 is 0. The molecule has 0 aromatic rings.